The highest BCUT2D eigenvalue weighted by molar-refractivity contribution is 5.65. The van der Waals surface area contributed by atoms with Gasteiger partial charge >= 0.3 is 0 Å². The van der Waals surface area contributed by atoms with Gasteiger partial charge in [0.15, 0.2) is 5.82 Å². The number of furan rings is 1. The predicted octanol–water partition coefficient (Wildman–Crippen LogP) is 3.23. The van der Waals surface area contributed by atoms with Gasteiger partial charge in [0.2, 0.25) is 0 Å². The second kappa shape index (κ2) is 4.96. The Balaban J connectivity index is 1.88. The molecule has 4 nitrogen and oxygen atoms in total. The number of nitrogens with one attached hydrogen (secondary N) is 1. The molecule has 0 bridgehead atoms. The van der Waals surface area contributed by atoms with Crippen molar-refractivity contribution in [2.45, 2.75) is 25.3 Å². The van der Waals surface area contributed by atoms with Gasteiger partial charge < -0.3 is 14.6 Å². The predicted molar refractivity (Wildman–Crippen MR) is 76.6 cm³/mol. The molecule has 0 aromatic carbocycles. The van der Waals surface area contributed by atoms with Crippen molar-refractivity contribution in [2.24, 2.45) is 0 Å². The number of hydrogen-bond donors (Lipinski definition) is 1. The van der Waals surface area contributed by atoms with Crippen molar-refractivity contribution in [3.63, 3.8) is 0 Å². The van der Waals surface area contributed by atoms with Gasteiger partial charge in [-0.15, -0.1) is 0 Å². The van der Waals surface area contributed by atoms with Crippen LogP contribution in [0.3, 0.4) is 0 Å². The fourth-order valence-electron chi connectivity index (χ4n) is 2.69. The number of aryl methyl sites for hydroxylation is 1. The standard InChI is InChI=1S/C15H19N3O/c1-18(2)15-13(6-4-9-16-15)17-12-5-3-7-14-11(12)8-10-19-14/h4,6,8-10,12,17H,3,5,7H2,1-2H3. The fourth-order valence-corrected chi connectivity index (χ4v) is 2.69. The third kappa shape index (κ3) is 2.30. The third-order valence-corrected chi connectivity index (χ3v) is 3.59. The second-order valence-corrected chi connectivity index (χ2v) is 5.16. The van der Waals surface area contributed by atoms with Crippen molar-refractivity contribution < 1.29 is 4.42 Å². The molecule has 2 aromatic heterocycles. The number of aromatic nitrogens is 1. The van der Waals surface area contributed by atoms with Crippen LogP contribution < -0.4 is 10.2 Å². The Kier molecular flexibility index (Phi) is 3.15. The monoisotopic (exact) mass is 257 g/mol. The van der Waals surface area contributed by atoms with Gasteiger partial charge in [0.1, 0.15) is 5.76 Å². The first-order valence-electron chi connectivity index (χ1n) is 6.71. The molecule has 0 aliphatic heterocycles. The average Bonchev–Trinajstić information content (AvgIpc) is 2.88. The van der Waals surface area contributed by atoms with Gasteiger partial charge in [-0.05, 0) is 31.0 Å². The van der Waals surface area contributed by atoms with E-state index in [1.54, 1.807) is 6.26 Å². The van der Waals surface area contributed by atoms with Crippen LogP contribution in [0.1, 0.15) is 30.2 Å². The molecule has 100 valence electrons. The second-order valence-electron chi connectivity index (χ2n) is 5.16. The van der Waals surface area contributed by atoms with Gasteiger partial charge in [0.25, 0.3) is 0 Å². The Labute approximate surface area is 113 Å². The van der Waals surface area contributed by atoms with E-state index in [0.29, 0.717) is 6.04 Å². The molecule has 0 spiro atoms. The van der Waals surface area contributed by atoms with Crippen molar-refractivity contribution in [3.8, 4) is 0 Å². The lowest BCUT2D eigenvalue weighted by atomic mass is 9.93. The molecule has 0 saturated carbocycles. The first-order chi connectivity index (χ1) is 9.25. The molecule has 2 heterocycles. The van der Waals surface area contributed by atoms with E-state index in [9.17, 15) is 0 Å². The summed E-state index contributed by atoms with van der Waals surface area (Å²) in [6.07, 6.45) is 6.96. The average molecular weight is 257 g/mol. The molecule has 2 aromatic rings. The van der Waals surface area contributed by atoms with E-state index in [4.69, 9.17) is 4.42 Å². The molecule has 0 fully saturated rings. The van der Waals surface area contributed by atoms with Crippen LogP contribution in [0, 0.1) is 0 Å². The fraction of sp³-hybridized carbons (Fsp3) is 0.400. The lowest BCUT2D eigenvalue weighted by Gasteiger charge is -2.26. The smallest absolute Gasteiger partial charge is 0.151 e. The molecule has 0 saturated heterocycles. The molecule has 1 unspecified atom stereocenters. The minimum Gasteiger partial charge on any atom is -0.469 e. The molecule has 1 aliphatic rings. The van der Waals surface area contributed by atoms with E-state index in [0.717, 1.165) is 36.5 Å². The number of fused-ring (bicyclic) bond motifs is 1. The van der Waals surface area contributed by atoms with Crippen LogP contribution in [0.2, 0.25) is 0 Å². The molecule has 1 aliphatic carbocycles. The maximum absolute atomic E-state index is 5.54. The van der Waals surface area contributed by atoms with Gasteiger partial charge in [-0.3, -0.25) is 0 Å². The molecule has 19 heavy (non-hydrogen) atoms. The Morgan fingerprint density at radius 3 is 3.11 bits per heavy atom. The third-order valence-electron chi connectivity index (χ3n) is 3.59. The van der Waals surface area contributed by atoms with Gasteiger partial charge in [-0.1, -0.05) is 0 Å². The summed E-state index contributed by atoms with van der Waals surface area (Å²) in [5.74, 6) is 2.09. The zero-order chi connectivity index (χ0) is 13.2. The van der Waals surface area contributed by atoms with Crippen LogP contribution in [-0.2, 0) is 6.42 Å². The summed E-state index contributed by atoms with van der Waals surface area (Å²) in [6.45, 7) is 0. The lowest BCUT2D eigenvalue weighted by molar-refractivity contribution is 0.461. The molecule has 0 amide bonds. The summed E-state index contributed by atoms with van der Waals surface area (Å²) < 4.78 is 5.54. The Morgan fingerprint density at radius 1 is 1.37 bits per heavy atom. The summed E-state index contributed by atoms with van der Waals surface area (Å²) in [7, 11) is 4.02. The van der Waals surface area contributed by atoms with Crippen molar-refractivity contribution in [1.82, 2.24) is 4.98 Å². The van der Waals surface area contributed by atoms with Crippen LogP contribution in [0.15, 0.2) is 35.1 Å². The number of rotatable bonds is 3. The largest absolute Gasteiger partial charge is 0.469 e. The minimum atomic E-state index is 0.324. The molecular formula is C15H19N3O. The maximum Gasteiger partial charge on any atom is 0.151 e. The Bertz CT molecular complexity index is 562. The van der Waals surface area contributed by atoms with Crippen LogP contribution in [0.5, 0.6) is 0 Å². The maximum atomic E-state index is 5.54. The van der Waals surface area contributed by atoms with E-state index in [1.807, 2.05) is 31.3 Å². The molecule has 1 atom stereocenters. The van der Waals surface area contributed by atoms with Crippen LogP contribution in [0.4, 0.5) is 11.5 Å². The minimum absolute atomic E-state index is 0.324. The van der Waals surface area contributed by atoms with Gasteiger partial charge in [0, 0.05) is 32.3 Å². The Hall–Kier alpha value is -1.97. The highest BCUT2D eigenvalue weighted by atomic mass is 16.3. The van der Waals surface area contributed by atoms with Crippen LogP contribution in [0.25, 0.3) is 0 Å². The van der Waals surface area contributed by atoms with Crippen molar-refractivity contribution in [2.75, 3.05) is 24.3 Å². The molecular weight excluding hydrogens is 238 g/mol. The van der Waals surface area contributed by atoms with Crippen LogP contribution in [-0.4, -0.2) is 19.1 Å². The summed E-state index contributed by atoms with van der Waals surface area (Å²) in [5.41, 5.74) is 2.37. The lowest BCUT2D eigenvalue weighted by Crippen LogP contribution is -2.19. The number of hydrogen-bond acceptors (Lipinski definition) is 4. The van der Waals surface area contributed by atoms with Crippen LogP contribution >= 0.6 is 0 Å². The van der Waals surface area contributed by atoms with Gasteiger partial charge in [-0.25, -0.2) is 4.98 Å². The topological polar surface area (TPSA) is 41.3 Å². The van der Waals surface area contributed by atoms with Gasteiger partial charge in [-0.2, -0.15) is 0 Å². The first kappa shape index (κ1) is 12.1. The van der Waals surface area contributed by atoms with E-state index in [2.05, 4.69) is 22.4 Å². The van der Waals surface area contributed by atoms with Gasteiger partial charge in [0.05, 0.1) is 18.0 Å². The molecule has 3 rings (SSSR count). The SMILES string of the molecule is CN(C)c1ncccc1NC1CCCc2occc21. The normalized spacial score (nSPS) is 17.9. The molecule has 0 radical (unpaired) electrons. The first-order valence-corrected chi connectivity index (χ1v) is 6.71. The van der Waals surface area contributed by atoms with E-state index < -0.39 is 0 Å². The highest BCUT2D eigenvalue weighted by Gasteiger charge is 2.23. The molecule has 1 N–H and O–H groups in total. The van der Waals surface area contributed by atoms with E-state index in [-0.39, 0.29) is 0 Å². The molecule has 4 heteroatoms. The Morgan fingerprint density at radius 2 is 2.26 bits per heavy atom. The zero-order valence-corrected chi connectivity index (χ0v) is 11.4. The number of anilines is 2. The number of pyridine rings is 1. The number of nitrogens with zero attached hydrogens (tertiary/aromatic N) is 2. The highest BCUT2D eigenvalue weighted by Crippen LogP contribution is 2.34. The van der Waals surface area contributed by atoms with E-state index in [1.165, 1.54) is 5.56 Å². The zero-order valence-electron chi connectivity index (χ0n) is 11.4. The summed E-state index contributed by atoms with van der Waals surface area (Å²) in [4.78, 5) is 6.46. The van der Waals surface area contributed by atoms with Crippen molar-refractivity contribution >= 4 is 11.5 Å². The van der Waals surface area contributed by atoms with Crippen molar-refractivity contribution in [3.05, 3.63) is 42.0 Å². The quantitative estimate of drug-likeness (QED) is 0.916. The van der Waals surface area contributed by atoms with Crippen molar-refractivity contribution in [1.29, 1.82) is 0 Å². The summed E-state index contributed by atoms with van der Waals surface area (Å²) >= 11 is 0. The summed E-state index contributed by atoms with van der Waals surface area (Å²) in [6, 6.07) is 6.45. The summed E-state index contributed by atoms with van der Waals surface area (Å²) in [5, 5.41) is 3.61. The van der Waals surface area contributed by atoms with E-state index >= 15 is 0 Å².